The minimum absolute atomic E-state index is 0.0272. The summed E-state index contributed by atoms with van der Waals surface area (Å²) in [4.78, 5) is 56.3. The standard InChI is InChI=1S/C22H37N5O4/c1-6-7-10-26(17-18(23)27(13-14(2)3)22(31)24-19(17)28)21(30)16-8-11-25(12-9-16)20(29)15(4)5/h14-16H,6-13,23H2,1-5H3,(H,24,28,31). The van der Waals surface area contributed by atoms with E-state index >= 15 is 0 Å². The zero-order valence-corrected chi connectivity index (χ0v) is 19.4. The molecule has 1 aliphatic rings. The zero-order valence-electron chi connectivity index (χ0n) is 19.4. The number of rotatable bonds is 8. The van der Waals surface area contributed by atoms with E-state index in [2.05, 4.69) is 4.98 Å². The monoisotopic (exact) mass is 435 g/mol. The Morgan fingerprint density at radius 1 is 1.16 bits per heavy atom. The maximum Gasteiger partial charge on any atom is 0.330 e. The van der Waals surface area contributed by atoms with Crippen molar-refractivity contribution in [2.75, 3.05) is 30.3 Å². The van der Waals surface area contributed by atoms with Gasteiger partial charge in [-0.15, -0.1) is 0 Å². The van der Waals surface area contributed by atoms with Gasteiger partial charge in [-0.3, -0.25) is 23.9 Å². The van der Waals surface area contributed by atoms with Gasteiger partial charge in [0.15, 0.2) is 5.69 Å². The van der Waals surface area contributed by atoms with Gasteiger partial charge in [-0.1, -0.05) is 41.0 Å². The van der Waals surface area contributed by atoms with E-state index in [4.69, 9.17) is 5.73 Å². The van der Waals surface area contributed by atoms with Gasteiger partial charge in [-0.2, -0.15) is 0 Å². The predicted molar refractivity (Wildman–Crippen MR) is 122 cm³/mol. The molecule has 1 fully saturated rings. The molecule has 0 spiro atoms. The maximum absolute atomic E-state index is 13.5. The molecule has 31 heavy (non-hydrogen) atoms. The molecule has 9 heteroatoms. The van der Waals surface area contributed by atoms with Crippen LogP contribution in [0.1, 0.15) is 60.3 Å². The van der Waals surface area contributed by atoms with Gasteiger partial charge in [0.2, 0.25) is 11.8 Å². The molecule has 2 rings (SSSR count). The Kier molecular flexibility index (Phi) is 8.47. The van der Waals surface area contributed by atoms with Gasteiger partial charge in [-0.05, 0) is 25.2 Å². The highest BCUT2D eigenvalue weighted by Gasteiger charge is 2.33. The summed E-state index contributed by atoms with van der Waals surface area (Å²) in [6, 6.07) is 0. The Hall–Kier alpha value is -2.58. The highest BCUT2D eigenvalue weighted by molar-refractivity contribution is 5.97. The lowest BCUT2D eigenvalue weighted by molar-refractivity contribution is -0.137. The Labute approximate surface area is 183 Å². The highest BCUT2D eigenvalue weighted by atomic mass is 16.2. The van der Waals surface area contributed by atoms with Gasteiger partial charge in [0.1, 0.15) is 5.82 Å². The molecule has 3 N–H and O–H groups in total. The van der Waals surface area contributed by atoms with E-state index in [1.165, 1.54) is 9.47 Å². The number of likely N-dealkylation sites (tertiary alicyclic amines) is 1. The molecule has 9 nitrogen and oxygen atoms in total. The van der Waals surface area contributed by atoms with Crippen LogP contribution >= 0.6 is 0 Å². The van der Waals surface area contributed by atoms with E-state index < -0.39 is 11.2 Å². The number of piperidine rings is 1. The van der Waals surface area contributed by atoms with Crippen LogP contribution in [-0.4, -0.2) is 45.9 Å². The average molecular weight is 436 g/mol. The molecule has 0 unspecified atom stereocenters. The number of hydrogen-bond donors (Lipinski definition) is 2. The number of H-pyrrole nitrogens is 1. The predicted octanol–water partition coefficient (Wildman–Crippen LogP) is 1.80. The third-order valence-electron chi connectivity index (χ3n) is 5.68. The topological polar surface area (TPSA) is 121 Å². The van der Waals surface area contributed by atoms with Crippen LogP contribution in [0.15, 0.2) is 9.59 Å². The summed E-state index contributed by atoms with van der Waals surface area (Å²) in [6.45, 7) is 11.4. The number of nitrogens with two attached hydrogens (primary N) is 1. The lowest BCUT2D eigenvalue weighted by Gasteiger charge is -2.35. The Balaban J connectivity index is 2.34. The van der Waals surface area contributed by atoms with Crippen LogP contribution in [0.4, 0.5) is 11.5 Å². The molecule has 0 saturated carbocycles. The van der Waals surface area contributed by atoms with Crippen LogP contribution < -0.4 is 21.9 Å². The molecule has 1 aliphatic heterocycles. The van der Waals surface area contributed by atoms with Crippen LogP contribution in [0, 0.1) is 17.8 Å². The number of aromatic amines is 1. The van der Waals surface area contributed by atoms with Gasteiger partial charge in [-0.25, -0.2) is 4.79 Å². The minimum atomic E-state index is -0.639. The molecular formula is C22H37N5O4. The van der Waals surface area contributed by atoms with Crippen LogP contribution in [0.3, 0.4) is 0 Å². The van der Waals surface area contributed by atoms with Crippen molar-refractivity contribution in [1.82, 2.24) is 14.5 Å². The first kappa shape index (κ1) is 24.7. The normalized spacial score (nSPS) is 15.0. The SMILES string of the molecule is CCCCN(C(=O)C1CCN(C(=O)C(C)C)CC1)c1c(N)n(CC(C)C)c(=O)[nH]c1=O. The second-order valence-electron chi connectivity index (χ2n) is 9.10. The number of aromatic nitrogens is 2. The van der Waals surface area contributed by atoms with Crippen molar-refractivity contribution in [1.29, 1.82) is 0 Å². The number of nitrogens with zero attached hydrogens (tertiary/aromatic N) is 3. The Morgan fingerprint density at radius 2 is 1.77 bits per heavy atom. The van der Waals surface area contributed by atoms with Gasteiger partial charge in [0.05, 0.1) is 0 Å². The van der Waals surface area contributed by atoms with Gasteiger partial charge < -0.3 is 15.5 Å². The van der Waals surface area contributed by atoms with Crippen LogP contribution in [-0.2, 0) is 16.1 Å². The molecule has 1 saturated heterocycles. The number of anilines is 2. The van der Waals surface area contributed by atoms with Gasteiger partial charge in [0, 0.05) is 38.0 Å². The lowest BCUT2D eigenvalue weighted by Crippen LogP contribution is -2.48. The number of unbranched alkanes of at least 4 members (excludes halogenated alkanes) is 1. The first-order valence-corrected chi connectivity index (χ1v) is 11.3. The quantitative estimate of drug-likeness (QED) is 0.645. The summed E-state index contributed by atoms with van der Waals surface area (Å²) < 4.78 is 1.33. The highest BCUT2D eigenvalue weighted by Crippen LogP contribution is 2.26. The Morgan fingerprint density at radius 3 is 2.29 bits per heavy atom. The summed E-state index contributed by atoms with van der Waals surface area (Å²) in [5, 5.41) is 0. The summed E-state index contributed by atoms with van der Waals surface area (Å²) in [7, 11) is 0. The molecule has 0 radical (unpaired) electrons. The van der Waals surface area contributed by atoms with Gasteiger partial charge >= 0.3 is 5.69 Å². The number of nitrogen functional groups attached to an aromatic ring is 1. The van der Waals surface area contributed by atoms with Crippen LogP contribution in [0.5, 0.6) is 0 Å². The molecule has 174 valence electrons. The van der Waals surface area contributed by atoms with E-state index in [0.717, 1.165) is 6.42 Å². The number of nitrogens with one attached hydrogen (secondary N) is 1. The van der Waals surface area contributed by atoms with Gasteiger partial charge in [0.25, 0.3) is 5.56 Å². The molecule has 2 amide bonds. The second-order valence-corrected chi connectivity index (χ2v) is 9.10. The summed E-state index contributed by atoms with van der Waals surface area (Å²) in [5.41, 5.74) is 5.11. The number of carbonyl (C=O) groups excluding carboxylic acids is 2. The summed E-state index contributed by atoms with van der Waals surface area (Å²) >= 11 is 0. The third-order valence-corrected chi connectivity index (χ3v) is 5.68. The van der Waals surface area contributed by atoms with E-state index in [-0.39, 0.29) is 41.1 Å². The first-order valence-electron chi connectivity index (χ1n) is 11.3. The van der Waals surface area contributed by atoms with Crippen LogP contribution in [0.25, 0.3) is 0 Å². The molecular weight excluding hydrogens is 398 g/mol. The molecule has 2 heterocycles. The van der Waals surface area contributed by atoms with Crippen molar-refractivity contribution >= 4 is 23.3 Å². The van der Waals surface area contributed by atoms with Crippen molar-refractivity contribution in [2.45, 2.75) is 66.8 Å². The fourth-order valence-electron chi connectivity index (χ4n) is 3.97. The largest absolute Gasteiger partial charge is 0.383 e. The van der Waals surface area contributed by atoms with E-state index in [1.54, 1.807) is 4.90 Å². The van der Waals surface area contributed by atoms with Crippen molar-refractivity contribution < 1.29 is 9.59 Å². The van der Waals surface area contributed by atoms with Crippen molar-refractivity contribution in [2.24, 2.45) is 17.8 Å². The molecule has 1 aromatic rings. The molecule has 0 aromatic carbocycles. The van der Waals surface area contributed by atoms with Crippen molar-refractivity contribution in [3.63, 3.8) is 0 Å². The van der Waals surface area contributed by atoms with Crippen molar-refractivity contribution in [3.05, 3.63) is 20.8 Å². The summed E-state index contributed by atoms with van der Waals surface area (Å²) in [5.74, 6) is -0.279. The maximum atomic E-state index is 13.5. The molecule has 0 bridgehead atoms. The second kappa shape index (κ2) is 10.6. The summed E-state index contributed by atoms with van der Waals surface area (Å²) in [6.07, 6.45) is 2.64. The van der Waals surface area contributed by atoms with Crippen molar-refractivity contribution in [3.8, 4) is 0 Å². The Bertz CT molecular complexity index is 894. The average Bonchev–Trinajstić information content (AvgIpc) is 2.72. The number of carbonyl (C=O) groups is 2. The molecule has 0 aliphatic carbocycles. The number of amides is 2. The van der Waals surface area contributed by atoms with E-state index in [1.807, 2.05) is 34.6 Å². The minimum Gasteiger partial charge on any atom is -0.383 e. The first-order chi connectivity index (χ1) is 14.6. The molecule has 0 atom stereocenters. The fourth-order valence-corrected chi connectivity index (χ4v) is 3.97. The number of hydrogen-bond acceptors (Lipinski definition) is 5. The van der Waals surface area contributed by atoms with Crippen LogP contribution in [0.2, 0.25) is 0 Å². The fraction of sp³-hybridized carbons (Fsp3) is 0.727. The molecule has 1 aromatic heterocycles. The van der Waals surface area contributed by atoms with E-state index in [9.17, 15) is 19.2 Å². The smallest absolute Gasteiger partial charge is 0.330 e. The zero-order chi connectivity index (χ0) is 23.3. The lowest BCUT2D eigenvalue weighted by atomic mass is 9.94. The third kappa shape index (κ3) is 5.77. The van der Waals surface area contributed by atoms with E-state index in [0.29, 0.717) is 45.4 Å².